The van der Waals surface area contributed by atoms with Gasteiger partial charge in [0, 0.05) is 0 Å². The minimum absolute atomic E-state index is 0.513. The van der Waals surface area contributed by atoms with Crippen LogP contribution in [0.4, 0.5) is 0 Å². The normalized spacial score (nSPS) is 24.0. The van der Waals surface area contributed by atoms with Crippen molar-refractivity contribution in [2.75, 3.05) is 0 Å². The Balaban J connectivity index is 2.52. The molecule has 1 aliphatic rings. The van der Waals surface area contributed by atoms with Gasteiger partial charge in [-0.1, -0.05) is 53.4 Å². The van der Waals surface area contributed by atoms with E-state index in [1.54, 1.807) is 0 Å². The van der Waals surface area contributed by atoms with Gasteiger partial charge in [0.2, 0.25) is 0 Å². The molecule has 0 radical (unpaired) electrons. The molecule has 78 valence electrons. The van der Waals surface area contributed by atoms with Crippen LogP contribution in [0.2, 0.25) is 0 Å². The van der Waals surface area contributed by atoms with Gasteiger partial charge in [0.05, 0.1) is 0 Å². The molecule has 0 unspecified atom stereocenters. The van der Waals surface area contributed by atoms with Crippen molar-refractivity contribution in [1.29, 1.82) is 0 Å². The summed E-state index contributed by atoms with van der Waals surface area (Å²) in [5.74, 6) is 0. The van der Waals surface area contributed by atoms with E-state index in [1.807, 2.05) is 0 Å². The summed E-state index contributed by atoms with van der Waals surface area (Å²) in [5.41, 5.74) is 1.16. The van der Waals surface area contributed by atoms with Crippen molar-refractivity contribution in [2.45, 2.75) is 72.6 Å². The maximum absolute atomic E-state index is 2.50. The van der Waals surface area contributed by atoms with Crippen molar-refractivity contribution in [3.63, 3.8) is 0 Å². The van der Waals surface area contributed by atoms with E-state index < -0.39 is 0 Å². The number of rotatable bonds is 1. The van der Waals surface area contributed by atoms with Crippen LogP contribution in [-0.4, -0.2) is 0 Å². The number of hydrogen-bond donors (Lipinski definition) is 0. The first-order chi connectivity index (χ1) is 5.91. The molecule has 0 N–H and O–H groups in total. The van der Waals surface area contributed by atoms with Gasteiger partial charge in [-0.15, -0.1) is 0 Å². The van der Waals surface area contributed by atoms with Crippen molar-refractivity contribution < 1.29 is 0 Å². The van der Waals surface area contributed by atoms with E-state index in [-0.39, 0.29) is 0 Å². The SMILES string of the molecule is CC(C)(C)CC1(C)CCCCCC1. The van der Waals surface area contributed by atoms with E-state index in [0.717, 1.165) is 0 Å². The fourth-order valence-corrected chi connectivity index (χ4v) is 3.04. The van der Waals surface area contributed by atoms with Crippen molar-refractivity contribution in [1.82, 2.24) is 0 Å². The summed E-state index contributed by atoms with van der Waals surface area (Å²) in [6.07, 6.45) is 10.2. The Labute approximate surface area is 84.1 Å². The predicted molar refractivity (Wildman–Crippen MR) is 59.9 cm³/mol. The Morgan fingerprint density at radius 3 is 1.77 bits per heavy atom. The first kappa shape index (κ1) is 11.1. The van der Waals surface area contributed by atoms with E-state index in [0.29, 0.717) is 10.8 Å². The Morgan fingerprint density at radius 2 is 1.38 bits per heavy atom. The molecule has 0 amide bonds. The molecule has 0 aromatic heterocycles. The summed E-state index contributed by atoms with van der Waals surface area (Å²) in [6.45, 7) is 9.64. The van der Waals surface area contributed by atoms with Crippen molar-refractivity contribution in [3.05, 3.63) is 0 Å². The van der Waals surface area contributed by atoms with Gasteiger partial charge in [-0.05, 0) is 30.1 Å². The van der Waals surface area contributed by atoms with Crippen LogP contribution >= 0.6 is 0 Å². The second-order valence-corrected chi connectivity index (χ2v) is 6.46. The standard InChI is InChI=1S/C13H26/c1-12(2,3)11-13(4)9-7-5-6-8-10-13/h5-11H2,1-4H3. The summed E-state index contributed by atoms with van der Waals surface area (Å²) in [7, 11) is 0. The number of hydrogen-bond acceptors (Lipinski definition) is 0. The van der Waals surface area contributed by atoms with Crippen LogP contribution in [0, 0.1) is 10.8 Å². The maximum Gasteiger partial charge on any atom is -0.0321 e. The molecule has 0 saturated heterocycles. The highest BCUT2D eigenvalue weighted by molar-refractivity contribution is 4.81. The fourth-order valence-electron chi connectivity index (χ4n) is 3.04. The molecule has 1 fully saturated rings. The van der Waals surface area contributed by atoms with E-state index in [1.165, 1.54) is 44.9 Å². The van der Waals surface area contributed by atoms with Crippen molar-refractivity contribution in [2.24, 2.45) is 10.8 Å². The quantitative estimate of drug-likeness (QED) is 0.512. The second-order valence-electron chi connectivity index (χ2n) is 6.46. The molecule has 0 spiro atoms. The summed E-state index contributed by atoms with van der Waals surface area (Å²) in [6, 6.07) is 0. The fraction of sp³-hybridized carbons (Fsp3) is 1.00. The molecule has 0 bridgehead atoms. The Morgan fingerprint density at radius 1 is 0.923 bits per heavy atom. The van der Waals surface area contributed by atoms with Crippen LogP contribution in [0.3, 0.4) is 0 Å². The van der Waals surface area contributed by atoms with Crippen molar-refractivity contribution in [3.8, 4) is 0 Å². The van der Waals surface area contributed by atoms with Crippen molar-refractivity contribution >= 4 is 0 Å². The maximum atomic E-state index is 2.50. The summed E-state index contributed by atoms with van der Waals surface area (Å²) < 4.78 is 0. The van der Waals surface area contributed by atoms with E-state index >= 15 is 0 Å². The van der Waals surface area contributed by atoms with Gasteiger partial charge in [0.15, 0.2) is 0 Å². The highest BCUT2D eigenvalue weighted by atomic mass is 14.4. The first-order valence-corrected chi connectivity index (χ1v) is 5.91. The minimum Gasteiger partial charge on any atom is -0.0602 e. The topological polar surface area (TPSA) is 0 Å². The third kappa shape index (κ3) is 4.15. The molecule has 1 rings (SSSR count). The second kappa shape index (κ2) is 4.02. The average Bonchev–Trinajstić information content (AvgIpc) is 2.09. The summed E-state index contributed by atoms with van der Waals surface area (Å²) in [4.78, 5) is 0. The molecule has 0 aromatic rings. The molecule has 13 heavy (non-hydrogen) atoms. The molecule has 1 aliphatic carbocycles. The van der Waals surface area contributed by atoms with Crippen LogP contribution in [-0.2, 0) is 0 Å². The molecular formula is C13H26. The van der Waals surface area contributed by atoms with E-state index in [2.05, 4.69) is 27.7 Å². The Bertz CT molecular complexity index is 142. The zero-order valence-electron chi connectivity index (χ0n) is 9.95. The zero-order valence-corrected chi connectivity index (χ0v) is 9.95. The molecule has 0 nitrogen and oxygen atoms in total. The zero-order chi connectivity index (χ0) is 9.95. The lowest BCUT2D eigenvalue weighted by molar-refractivity contribution is 0.167. The monoisotopic (exact) mass is 182 g/mol. The van der Waals surface area contributed by atoms with Crippen LogP contribution in [0.5, 0.6) is 0 Å². The molecular weight excluding hydrogens is 156 g/mol. The lowest BCUT2D eigenvalue weighted by Gasteiger charge is -2.35. The highest BCUT2D eigenvalue weighted by Gasteiger charge is 2.30. The molecule has 0 heterocycles. The molecule has 1 saturated carbocycles. The van der Waals surface area contributed by atoms with Gasteiger partial charge in [-0.25, -0.2) is 0 Å². The van der Waals surface area contributed by atoms with Crippen LogP contribution in [0.1, 0.15) is 72.6 Å². The highest BCUT2D eigenvalue weighted by Crippen LogP contribution is 2.43. The lowest BCUT2D eigenvalue weighted by Crippen LogP contribution is -2.23. The van der Waals surface area contributed by atoms with Gasteiger partial charge in [0.1, 0.15) is 0 Å². The van der Waals surface area contributed by atoms with Gasteiger partial charge in [-0.3, -0.25) is 0 Å². The Hall–Kier alpha value is 0. The molecule has 0 aromatic carbocycles. The van der Waals surface area contributed by atoms with E-state index in [9.17, 15) is 0 Å². The third-order valence-corrected chi connectivity index (χ3v) is 3.27. The predicted octanol–water partition coefficient (Wildman–Crippen LogP) is 4.78. The lowest BCUT2D eigenvalue weighted by atomic mass is 9.71. The van der Waals surface area contributed by atoms with Crippen LogP contribution in [0.15, 0.2) is 0 Å². The van der Waals surface area contributed by atoms with Gasteiger partial charge in [-0.2, -0.15) is 0 Å². The molecule has 0 aliphatic heterocycles. The van der Waals surface area contributed by atoms with Gasteiger partial charge >= 0.3 is 0 Å². The minimum atomic E-state index is 0.513. The molecule has 0 heteroatoms. The summed E-state index contributed by atoms with van der Waals surface area (Å²) >= 11 is 0. The third-order valence-electron chi connectivity index (χ3n) is 3.27. The summed E-state index contributed by atoms with van der Waals surface area (Å²) in [5, 5.41) is 0. The largest absolute Gasteiger partial charge is 0.0602 e. The van der Waals surface area contributed by atoms with Gasteiger partial charge < -0.3 is 0 Å². The van der Waals surface area contributed by atoms with Crippen LogP contribution < -0.4 is 0 Å². The Kier molecular flexibility index (Phi) is 3.43. The average molecular weight is 182 g/mol. The smallest absolute Gasteiger partial charge is 0.0321 e. The van der Waals surface area contributed by atoms with Crippen LogP contribution in [0.25, 0.3) is 0 Å². The molecule has 0 atom stereocenters. The first-order valence-electron chi connectivity index (χ1n) is 5.91. The van der Waals surface area contributed by atoms with E-state index in [4.69, 9.17) is 0 Å². The van der Waals surface area contributed by atoms with Gasteiger partial charge in [0.25, 0.3) is 0 Å².